The molecule has 9 aromatic rings. The first-order valence-corrected chi connectivity index (χ1v) is 16.6. The molecule has 10 rings (SSSR count). The minimum absolute atomic E-state index is 1.18. The Labute approximate surface area is 271 Å². The summed E-state index contributed by atoms with van der Waals surface area (Å²) in [5.74, 6) is 0. The molecule has 1 aliphatic rings. The Balaban J connectivity index is 1.19. The molecule has 0 aliphatic carbocycles. The SMILES string of the molecule is c1ccc(-n2c3ccccc3c3ccc4ccc(-c5ccccc5-c5ccc6c(c5)-c5cccc7cccc(c57)S6)cc4c32)cc1. The number of fused-ring (bicyclic) bond motifs is 7. The van der Waals surface area contributed by atoms with Crippen LogP contribution in [0.3, 0.4) is 0 Å². The van der Waals surface area contributed by atoms with Crippen molar-refractivity contribution in [3.05, 3.63) is 164 Å². The zero-order chi connectivity index (χ0) is 30.2. The predicted molar refractivity (Wildman–Crippen MR) is 196 cm³/mol. The van der Waals surface area contributed by atoms with Crippen LogP contribution in [0.25, 0.3) is 82.4 Å². The molecule has 0 unspecified atom stereocenters. The van der Waals surface area contributed by atoms with Crippen molar-refractivity contribution in [3.8, 4) is 39.1 Å². The Morgan fingerprint density at radius 3 is 1.96 bits per heavy atom. The minimum atomic E-state index is 1.18. The van der Waals surface area contributed by atoms with Gasteiger partial charge in [0, 0.05) is 37.0 Å². The van der Waals surface area contributed by atoms with Gasteiger partial charge in [0.05, 0.1) is 11.0 Å². The molecular weight excluding hydrogens is 575 g/mol. The van der Waals surface area contributed by atoms with Gasteiger partial charge < -0.3 is 4.57 Å². The first kappa shape index (κ1) is 25.7. The van der Waals surface area contributed by atoms with Crippen LogP contribution in [0.2, 0.25) is 0 Å². The van der Waals surface area contributed by atoms with E-state index in [9.17, 15) is 0 Å². The van der Waals surface area contributed by atoms with Gasteiger partial charge in [-0.15, -0.1) is 0 Å². The average molecular weight is 602 g/mol. The fourth-order valence-electron chi connectivity index (χ4n) is 7.51. The smallest absolute Gasteiger partial charge is 0.0619 e. The number of hydrogen-bond acceptors (Lipinski definition) is 1. The third-order valence-electron chi connectivity index (χ3n) is 9.57. The lowest BCUT2D eigenvalue weighted by molar-refractivity contribution is 1.19. The fraction of sp³-hybridized carbons (Fsp3) is 0. The van der Waals surface area contributed by atoms with E-state index in [1.165, 1.54) is 92.2 Å². The second-order valence-corrected chi connectivity index (χ2v) is 13.2. The minimum Gasteiger partial charge on any atom is -0.309 e. The van der Waals surface area contributed by atoms with Crippen molar-refractivity contribution in [2.45, 2.75) is 9.79 Å². The first-order valence-electron chi connectivity index (χ1n) is 15.8. The van der Waals surface area contributed by atoms with Crippen LogP contribution in [0.4, 0.5) is 0 Å². The predicted octanol–water partition coefficient (Wildman–Crippen LogP) is 12.6. The van der Waals surface area contributed by atoms with Gasteiger partial charge in [-0.1, -0.05) is 133 Å². The molecule has 2 heterocycles. The highest BCUT2D eigenvalue weighted by Crippen LogP contribution is 2.49. The van der Waals surface area contributed by atoms with E-state index in [4.69, 9.17) is 0 Å². The molecule has 214 valence electrons. The van der Waals surface area contributed by atoms with E-state index in [2.05, 4.69) is 168 Å². The van der Waals surface area contributed by atoms with E-state index in [-0.39, 0.29) is 0 Å². The van der Waals surface area contributed by atoms with Gasteiger partial charge in [-0.05, 0) is 86.6 Å². The normalized spacial score (nSPS) is 12.3. The summed E-state index contributed by atoms with van der Waals surface area (Å²) in [6, 6.07) is 60.2. The quantitative estimate of drug-likeness (QED) is 0.195. The van der Waals surface area contributed by atoms with Gasteiger partial charge in [0.15, 0.2) is 0 Å². The van der Waals surface area contributed by atoms with Gasteiger partial charge in [-0.3, -0.25) is 0 Å². The molecule has 1 nitrogen and oxygen atoms in total. The number of nitrogens with zero attached hydrogens (tertiary/aromatic N) is 1. The monoisotopic (exact) mass is 601 g/mol. The van der Waals surface area contributed by atoms with E-state index in [0.717, 1.165) is 0 Å². The van der Waals surface area contributed by atoms with Gasteiger partial charge in [0.25, 0.3) is 0 Å². The number of rotatable bonds is 3. The Morgan fingerprint density at radius 2 is 1.09 bits per heavy atom. The fourth-order valence-corrected chi connectivity index (χ4v) is 8.64. The molecule has 8 aromatic carbocycles. The van der Waals surface area contributed by atoms with Crippen molar-refractivity contribution in [1.82, 2.24) is 4.57 Å². The van der Waals surface area contributed by atoms with Crippen molar-refractivity contribution in [2.75, 3.05) is 0 Å². The molecule has 0 saturated heterocycles. The Hall–Kier alpha value is -5.57. The molecule has 0 bridgehead atoms. The third kappa shape index (κ3) is 3.77. The molecule has 0 N–H and O–H groups in total. The topological polar surface area (TPSA) is 4.93 Å². The molecule has 0 spiro atoms. The lowest BCUT2D eigenvalue weighted by Crippen LogP contribution is -1.95. The van der Waals surface area contributed by atoms with Gasteiger partial charge >= 0.3 is 0 Å². The van der Waals surface area contributed by atoms with Crippen LogP contribution in [-0.2, 0) is 0 Å². The van der Waals surface area contributed by atoms with E-state index >= 15 is 0 Å². The van der Waals surface area contributed by atoms with Crippen LogP contribution in [0.15, 0.2) is 174 Å². The highest BCUT2D eigenvalue weighted by atomic mass is 32.2. The third-order valence-corrected chi connectivity index (χ3v) is 10.7. The van der Waals surface area contributed by atoms with Crippen molar-refractivity contribution in [1.29, 1.82) is 0 Å². The molecule has 0 amide bonds. The van der Waals surface area contributed by atoms with Gasteiger partial charge in [0.1, 0.15) is 0 Å². The maximum absolute atomic E-state index is 2.43. The maximum Gasteiger partial charge on any atom is 0.0619 e. The zero-order valence-corrected chi connectivity index (χ0v) is 25.8. The van der Waals surface area contributed by atoms with Crippen LogP contribution < -0.4 is 0 Å². The van der Waals surface area contributed by atoms with Crippen LogP contribution in [-0.4, -0.2) is 4.57 Å². The summed E-state index contributed by atoms with van der Waals surface area (Å²) >= 11 is 1.88. The zero-order valence-electron chi connectivity index (χ0n) is 24.9. The van der Waals surface area contributed by atoms with E-state index in [0.29, 0.717) is 0 Å². The van der Waals surface area contributed by atoms with E-state index < -0.39 is 0 Å². The summed E-state index contributed by atoms with van der Waals surface area (Å²) in [5, 5.41) is 7.72. The van der Waals surface area contributed by atoms with Gasteiger partial charge in [-0.25, -0.2) is 0 Å². The van der Waals surface area contributed by atoms with E-state index in [1.54, 1.807) is 0 Å². The first-order chi connectivity index (χ1) is 22.8. The Kier molecular flexibility index (Phi) is 5.58. The second kappa shape index (κ2) is 9.97. The van der Waals surface area contributed by atoms with Crippen molar-refractivity contribution in [3.63, 3.8) is 0 Å². The highest BCUT2D eigenvalue weighted by molar-refractivity contribution is 7.99. The summed E-state index contributed by atoms with van der Waals surface area (Å²) in [7, 11) is 0. The number of benzene rings is 8. The molecule has 0 atom stereocenters. The van der Waals surface area contributed by atoms with Crippen LogP contribution in [0.5, 0.6) is 0 Å². The maximum atomic E-state index is 2.43. The Bertz CT molecular complexity index is 2660. The molecule has 1 aromatic heterocycles. The van der Waals surface area contributed by atoms with Crippen LogP contribution >= 0.6 is 11.8 Å². The van der Waals surface area contributed by atoms with Crippen molar-refractivity contribution < 1.29 is 0 Å². The summed E-state index contributed by atoms with van der Waals surface area (Å²) in [4.78, 5) is 2.65. The molecular formula is C44H27NS. The van der Waals surface area contributed by atoms with Crippen LogP contribution in [0.1, 0.15) is 0 Å². The summed E-state index contributed by atoms with van der Waals surface area (Å²) in [6.07, 6.45) is 0. The van der Waals surface area contributed by atoms with Gasteiger partial charge in [0.2, 0.25) is 0 Å². The number of hydrogen-bond donors (Lipinski definition) is 0. The Morgan fingerprint density at radius 1 is 0.391 bits per heavy atom. The summed E-state index contributed by atoms with van der Waals surface area (Å²) in [5.41, 5.74) is 11.2. The van der Waals surface area contributed by atoms with E-state index in [1.807, 2.05) is 11.8 Å². The molecule has 2 heteroatoms. The summed E-state index contributed by atoms with van der Waals surface area (Å²) in [6.45, 7) is 0. The van der Waals surface area contributed by atoms with Crippen molar-refractivity contribution in [2.24, 2.45) is 0 Å². The van der Waals surface area contributed by atoms with Gasteiger partial charge in [-0.2, -0.15) is 0 Å². The largest absolute Gasteiger partial charge is 0.309 e. The molecule has 0 saturated carbocycles. The second-order valence-electron chi connectivity index (χ2n) is 12.1. The molecule has 0 fully saturated rings. The average Bonchev–Trinajstić information content (AvgIpc) is 3.47. The van der Waals surface area contributed by atoms with Crippen molar-refractivity contribution >= 4 is 55.1 Å². The number of para-hydroxylation sites is 2. The highest BCUT2D eigenvalue weighted by Gasteiger charge is 2.21. The molecule has 46 heavy (non-hydrogen) atoms. The molecule has 0 radical (unpaired) electrons. The lowest BCUT2D eigenvalue weighted by Gasteiger charge is -2.21. The molecule has 1 aliphatic heterocycles. The number of aromatic nitrogens is 1. The summed E-state index contributed by atoms with van der Waals surface area (Å²) < 4.78 is 2.43. The lowest BCUT2D eigenvalue weighted by atomic mass is 9.90. The standard InChI is InChI=1S/C44H27NS/c1-2-12-32(13-3-1)45-40-18-7-6-16-35(40)37-24-22-28-20-21-30(26-38(28)44(37)45)33-14-4-5-15-34(33)31-23-25-41-39(27-31)36-17-8-10-29-11-9-19-42(46-41)43(29)36/h1-27H. The van der Waals surface area contributed by atoms with Crippen LogP contribution in [0, 0.1) is 0 Å².